The number of carbonyl (C=O) groups is 3. The van der Waals surface area contributed by atoms with Crippen molar-refractivity contribution < 1.29 is 19.1 Å². The predicted octanol–water partition coefficient (Wildman–Crippen LogP) is 2.74. The molecule has 29 heavy (non-hydrogen) atoms. The molecule has 0 saturated carbocycles. The second-order valence-corrected chi connectivity index (χ2v) is 6.99. The van der Waals surface area contributed by atoms with Crippen LogP contribution in [0.4, 0.5) is 5.69 Å². The zero-order valence-electron chi connectivity index (χ0n) is 15.4. The topological polar surface area (TPSA) is 99.5 Å². The summed E-state index contributed by atoms with van der Waals surface area (Å²) in [6, 6.07) is 15.7. The molecule has 2 amide bonds. The number of hydrogen-bond acceptors (Lipinski definition) is 5. The zero-order valence-corrected chi connectivity index (χ0v) is 16.2. The maximum Gasteiger partial charge on any atom is 0.311 e. The Balaban J connectivity index is 1.51. The Morgan fingerprint density at radius 2 is 1.93 bits per heavy atom. The second-order valence-electron chi connectivity index (χ2n) is 6.58. The van der Waals surface area contributed by atoms with Crippen molar-refractivity contribution in [3.05, 3.63) is 64.7 Å². The van der Waals surface area contributed by atoms with E-state index in [-0.39, 0.29) is 18.9 Å². The van der Waals surface area contributed by atoms with Crippen LogP contribution in [0.25, 0.3) is 0 Å². The molecule has 1 aliphatic heterocycles. The van der Waals surface area contributed by atoms with E-state index < -0.39 is 24.4 Å². The lowest BCUT2D eigenvalue weighted by Crippen LogP contribution is -2.28. The third kappa shape index (κ3) is 5.12. The van der Waals surface area contributed by atoms with E-state index in [1.165, 1.54) is 0 Å². The highest BCUT2D eigenvalue weighted by atomic mass is 35.5. The third-order valence-corrected chi connectivity index (χ3v) is 4.90. The first kappa shape index (κ1) is 20.4. The first-order chi connectivity index (χ1) is 14.0. The molecule has 3 rings (SSSR count). The largest absolute Gasteiger partial charge is 0.455 e. The van der Waals surface area contributed by atoms with Crippen LogP contribution in [0.3, 0.4) is 0 Å². The molecular weight excluding hydrogens is 394 g/mol. The lowest BCUT2D eigenvalue weighted by atomic mass is 10.1. The number of esters is 1. The van der Waals surface area contributed by atoms with Crippen molar-refractivity contribution in [2.45, 2.75) is 13.0 Å². The van der Waals surface area contributed by atoms with Gasteiger partial charge < -0.3 is 15.0 Å². The molecule has 0 aromatic heterocycles. The molecule has 0 unspecified atom stereocenters. The van der Waals surface area contributed by atoms with Gasteiger partial charge in [-0.05, 0) is 23.8 Å². The van der Waals surface area contributed by atoms with Crippen LogP contribution in [-0.2, 0) is 25.7 Å². The number of nitrogens with zero attached hydrogens (tertiary/aromatic N) is 2. The molecule has 0 spiro atoms. The van der Waals surface area contributed by atoms with Gasteiger partial charge in [-0.1, -0.05) is 41.9 Å². The maximum atomic E-state index is 12.3. The highest BCUT2D eigenvalue weighted by Crippen LogP contribution is 2.24. The molecule has 0 aliphatic carbocycles. The van der Waals surface area contributed by atoms with E-state index in [4.69, 9.17) is 21.6 Å². The summed E-state index contributed by atoms with van der Waals surface area (Å²) in [5.74, 6) is -1.97. The highest BCUT2D eigenvalue weighted by Gasteiger charge is 2.35. The van der Waals surface area contributed by atoms with Crippen LogP contribution in [0.15, 0.2) is 48.5 Å². The molecule has 1 N–H and O–H groups in total. The molecule has 0 radical (unpaired) electrons. The number of ether oxygens (including phenoxy) is 1. The number of carbonyl (C=O) groups excluding carboxylic acids is 3. The summed E-state index contributed by atoms with van der Waals surface area (Å²) in [7, 11) is 0. The summed E-state index contributed by atoms with van der Waals surface area (Å²) in [5.41, 5.74) is 1.45. The predicted molar refractivity (Wildman–Crippen MR) is 106 cm³/mol. The van der Waals surface area contributed by atoms with Gasteiger partial charge in [-0.25, -0.2) is 0 Å². The van der Waals surface area contributed by atoms with Crippen LogP contribution in [0.1, 0.15) is 17.5 Å². The van der Waals surface area contributed by atoms with Gasteiger partial charge >= 0.3 is 5.97 Å². The van der Waals surface area contributed by atoms with E-state index in [0.717, 1.165) is 5.56 Å². The summed E-state index contributed by atoms with van der Waals surface area (Å²) in [6.07, 6.45) is 0.0299. The molecule has 8 heteroatoms. The van der Waals surface area contributed by atoms with Gasteiger partial charge in [0.05, 0.1) is 17.2 Å². The molecular formula is C21H18ClN3O4. The summed E-state index contributed by atoms with van der Waals surface area (Å²) in [6.45, 7) is 0.0310. The Bertz CT molecular complexity index is 986. The molecule has 2 aromatic rings. The number of hydrogen-bond donors (Lipinski definition) is 1. The SMILES string of the molecule is N#Cc1ccccc1NC(=O)COC(=O)[C@@H]1CC(=O)N(Cc2ccccc2Cl)C1. The van der Waals surface area contributed by atoms with Gasteiger partial charge in [0.2, 0.25) is 5.91 Å². The van der Waals surface area contributed by atoms with E-state index in [0.29, 0.717) is 22.8 Å². The molecule has 148 valence electrons. The van der Waals surface area contributed by atoms with Crippen molar-refractivity contribution in [2.24, 2.45) is 5.92 Å². The number of nitriles is 1. The van der Waals surface area contributed by atoms with Crippen molar-refractivity contribution in [2.75, 3.05) is 18.5 Å². The molecule has 0 bridgehead atoms. The minimum absolute atomic E-state index is 0.0299. The first-order valence-electron chi connectivity index (χ1n) is 8.94. The molecule has 7 nitrogen and oxygen atoms in total. The summed E-state index contributed by atoms with van der Waals surface area (Å²) < 4.78 is 5.07. The van der Waals surface area contributed by atoms with Crippen LogP contribution >= 0.6 is 11.6 Å². The maximum absolute atomic E-state index is 12.3. The molecule has 1 saturated heterocycles. The van der Waals surface area contributed by atoms with Crippen LogP contribution in [-0.4, -0.2) is 35.8 Å². The standard InChI is InChI=1S/C21H18ClN3O4/c22-17-7-3-1-6-15(17)11-25-12-16(9-20(25)27)21(28)29-13-19(26)24-18-8-4-2-5-14(18)10-23/h1-8,16H,9,11-13H2,(H,24,26)/t16-/m1/s1. The minimum Gasteiger partial charge on any atom is -0.455 e. The summed E-state index contributed by atoms with van der Waals surface area (Å²) >= 11 is 6.13. The fourth-order valence-corrected chi connectivity index (χ4v) is 3.24. The van der Waals surface area contributed by atoms with Crippen LogP contribution in [0.2, 0.25) is 5.02 Å². The van der Waals surface area contributed by atoms with Crippen LogP contribution < -0.4 is 5.32 Å². The summed E-state index contributed by atoms with van der Waals surface area (Å²) in [5, 5.41) is 12.1. The fourth-order valence-electron chi connectivity index (χ4n) is 3.05. The fraction of sp³-hybridized carbons (Fsp3) is 0.238. The van der Waals surface area contributed by atoms with E-state index in [9.17, 15) is 14.4 Å². The van der Waals surface area contributed by atoms with Crippen molar-refractivity contribution in [1.29, 1.82) is 5.26 Å². The van der Waals surface area contributed by atoms with E-state index in [2.05, 4.69) is 5.32 Å². The zero-order chi connectivity index (χ0) is 20.8. The number of para-hydroxylation sites is 1. The van der Waals surface area contributed by atoms with Gasteiger partial charge in [0.15, 0.2) is 6.61 Å². The van der Waals surface area contributed by atoms with Crippen molar-refractivity contribution in [3.63, 3.8) is 0 Å². The number of rotatable bonds is 6. The Labute approximate surface area is 172 Å². The van der Waals surface area contributed by atoms with Gasteiger partial charge in [0, 0.05) is 24.5 Å². The smallest absolute Gasteiger partial charge is 0.311 e. The van der Waals surface area contributed by atoms with Crippen LogP contribution in [0, 0.1) is 17.2 Å². The second kappa shape index (κ2) is 9.22. The number of halogens is 1. The molecule has 1 atom stereocenters. The Hall–Kier alpha value is -3.37. The highest BCUT2D eigenvalue weighted by molar-refractivity contribution is 6.31. The van der Waals surface area contributed by atoms with Crippen molar-refractivity contribution in [1.82, 2.24) is 4.90 Å². The van der Waals surface area contributed by atoms with Gasteiger partial charge in [-0.15, -0.1) is 0 Å². The molecule has 1 fully saturated rings. The normalized spacial score (nSPS) is 15.7. The number of likely N-dealkylation sites (tertiary alicyclic amines) is 1. The lowest BCUT2D eigenvalue weighted by Gasteiger charge is -2.17. The monoisotopic (exact) mass is 411 g/mol. The molecule has 2 aromatic carbocycles. The van der Waals surface area contributed by atoms with Gasteiger partial charge in [0.1, 0.15) is 6.07 Å². The average molecular weight is 412 g/mol. The first-order valence-corrected chi connectivity index (χ1v) is 9.32. The Morgan fingerprint density at radius 1 is 1.21 bits per heavy atom. The van der Waals surface area contributed by atoms with Crippen LogP contribution in [0.5, 0.6) is 0 Å². The molecule has 1 heterocycles. The number of amides is 2. The van der Waals surface area contributed by atoms with Crippen molar-refractivity contribution >= 4 is 35.1 Å². The third-order valence-electron chi connectivity index (χ3n) is 4.53. The quantitative estimate of drug-likeness (QED) is 0.737. The van der Waals surface area contributed by atoms with Gasteiger partial charge in [0.25, 0.3) is 5.91 Å². The number of anilines is 1. The average Bonchev–Trinajstić information content (AvgIpc) is 3.09. The van der Waals surface area contributed by atoms with E-state index in [1.54, 1.807) is 41.3 Å². The van der Waals surface area contributed by atoms with Gasteiger partial charge in [-0.2, -0.15) is 5.26 Å². The molecule has 1 aliphatic rings. The van der Waals surface area contributed by atoms with E-state index in [1.807, 2.05) is 18.2 Å². The lowest BCUT2D eigenvalue weighted by molar-refractivity contribution is -0.151. The Kier molecular flexibility index (Phi) is 6.47. The summed E-state index contributed by atoms with van der Waals surface area (Å²) in [4.78, 5) is 38.1. The number of nitrogens with one attached hydrogen (secondary N) is 1. The number of benzene rings is 2. The van der Waals surface area contributed by atoms with E-state index >= 15 is 0 Å². The van der Waals surface area contributed by atoms with Crippen molar-refractivity contribution in [3.8, 4) is 6.07 Å². The van der Waals surface area contributed by atoms with Gasteiger partial charge in [-0.3, -0.25) is 14.4 Å². The Morgan fingerprint density at radius 3 is 2.69 bits per heavy atom. The minimum atomic E-state index is -0.635.